The number of ether oxygens (including phenoxy) is 4. The number of unbranched alkanes of at least 4 members (excludes halogenated alkanes) is 16. The lowest BCUT2D eigenvalue weighted by Crippen LogP contribution is -2.30. The van der Waals surface area contributed by atoms with Crippen molar-refractivity contribution in [3.05, 3.63) is 182 Å². The van der Waals surface area contributed by atoms with Crippen molar-refractivity contribution in [1.82, 2.24) is 0 Å². The topological polar surface area (TPSA) is 237 Å². The smallest absolute Gasteiger partial charge is 0.462 e. The van der Waals surface area contributed by atoms with Crippen LogP contribution < -0.4 is 0 Å². The van der Waals surface area contributed by atoms with Gasteiger partial charge in [0.2, 0.25) is 0 Å². The van der Waals surface area contributed by atoms with Crippen LogP contribution in [0.25, 0.3) is 0 Å². The fourth-order valence-corrected chi connectivity index (χ4v) is 11.1. The standard InChI is InChI=1S/C85H136O17P2/c1-5-9-13-17-21-25-29-33-37-39-43-46-50-54-58-62-66-70-83(88)96-76-81(102-85(90)72-68-64-60-56-52-48-44-40-38-34-30-26-22-18-14-10-6-2)78-100-104(93,94)98-74-79(86)73-97-103(91,92)99-77-80(101-84(89)71-67-63-59-55-51-47-42-36-32-28-24-20-16-12-8-4)75-95-82(87)69-65-61-57-53-49-45-41-35-31-27-23-19-15-11-7-3/h9-11,13-15,21-28,33-38,41-44,46,48-49,53,61,65,79-81,86H,5-8,12,16-20,29-32,39-40,45,47,50-52,54-60,62-64,66-78H2,1-4H3,(H,91,92)(H,93,94)/b13-9-,14-10-,15-11-,25-21-,26-22-,27-23-,28-24-,37-33-,38-34-,41-35-,42-36-,46-43-,48-44-,53-49-,65-61-. The van der Waals surface area contributed by atoms with Crippen molar-refractivity contribution in [3.8, 4) is 0 Å². The number of hydrogen-bond donors (Lipinski definition) is 3. The van der Waals surface area contributed by atoms with Gasteiger partial charge in [0.1, 0.15) is 19.3 Å². The van der Waals surface area contributed by atoms with Crippen molar-refractivity contribution in [2.45, 2.75) is 290 Å². The van der Waals surface area contributed by atoms with E-state index in [0.717, 1.165) is 173 Å². The molecule has 0 heterocycles. The molecule has 0 saturated heterocycles. The van der Waals surface area contributed by atoms with Gasteiger partial charge in [0.15, 0.2) is 12.2 Å². The zero-order chi connectivity index (χ0) is 76.0. The third-order valence-corrected chi connectivity index (χ3v) is 17.3. The molecule has 0 amide bonds. The summed E-state index contributed by atoms with van der Waals surface area (Å²) >= 11 is 0. The summed E-state index contributed by atoms with van der Waals surface area (Å²) in [7, 11) is -10.0. The van der Waals surface area contributed by atoms with Gasteiger partial charge < -0.3 is 33.8 Å². The number of hydrogen-bond acceptors (Lipinski definition) is 15. The molecule has 0 aliphatic rings. The predicted octanol–water partition coefficient (Wildman–Crippen LogP) is 22.8. The lowest BCUT2D eigenvalue weighted by Gasteiger charge is -2.21. The number of phosphoric ester groups is 2. The zero-order valence-electron chi connectivity index (χ0n) is 64.1. The van der Waals surface area contributed by atoms with Crippen LogP contribution in [0.2, 0.25) is 0 Å². The summed E-state index contributed by atoms with van der Waals surface area (Å²) in [5, 5.41) is 10.6. The molecule has 0 saturated carbocycles. The summed E-state index contributed by atoms with van der Waals surface area (Å²) < 4.78 is 68.4. The molecule has 0 rings (SSSR count). The molecule has 0 spiro atoms. The number of rotatable bonds is 71. The van der Waals surface area contributed by atoms with Gasteiger partial charge in [-0.15, -0.1) is 0 Å². The molecule has 104 heavy (non-hydrogen) atoms. The second-order valence-corrected chi connectivity index (χ2v) is 28.1. The highest BCUT2D eigenvalue weighted by Crippen LogP contribution is 2.45. The van der Waals surface area contributed by atoms with Gasteiger partial charge in [0.25, 0.3) is 0 Å². The lowest BCUT2D eigenvalue weighted by molar-refractivity contribution is -0.161. The Morgan fingerprint density at radius 1 is 0.288 bits per heavy atom. The van der Waals surface area contributed by atoms with Gasteiger partial charge in [-0.25, -0.2) is 9.13 Å². The van der Waals surface area contributed by atoms with E-state index in [1.165, 1.54) is 19.3 Å². The highest BCUT2D eigenvalue weighted by Gasteiger charge is 2.30. The third kappa shape index (κ3) is 74.4. The molecule has 0 radical (unpaired) electrons. The third-order valence-electron chi connectivity index (χ3n) is 15.4. The summed E-state index contributed by atoms with van der Waals surface area (Å²) in [4.78, 5) is 72.9. The quantitative estimate of drug-likeness (QED) is 0.0169. The summed E-state index contributed by atoms with van der Waals surface area (Å²) in [6.45, 7) is 4.29. The Morgan fingerprint density at radius 2 is 0.538 bits per heavy atom. The lowest BCUT2D eigenvalue weighted by atomic mass is 10.1. The van der Waals surface area contributed by atoms with E-state index in [1.54, 1.807) is 6.08 Å². The van der Waals surface area contributed by atoms with E-state index in [4.69, 9.17) is 37.0 Å². The van der Waals surface area contributed by atoms with Crippen molar-refractivity contribution in [3.63, 3.8) is 0 Å². The molecule has 3 N–H and O–H groups in total. The Bertz CT molecular complexity index is 2690. The van der Waals surface area contributed by atoms with Gasteiger partial charge in [-0.2, -0.15) is 0 Å². The number of phosphoric acid groups is 2. The minimum Gasteiger partial charge on any atom is -0.462 e. The molecule has 17 nitrogen and oxygen atoms in total. The monoisotopic (exact) mass is 1490 g/mol. The van der Waals surface area contributed by atoms with Crippen LogP contribution >= 0.6 is 15.6 Å². The van der Waals surface area contributed by atoms with Crippen LogP contribution in [0.15, 0.2) is 182 Å². The Morgan fingerprint density at radius 3 is 0.856 bits per heavy atom. The van der Waals surface area contributed by atoms with Crippen LogP contribution in [0.1, 0.15) is 272 Å². The van der Waals surface area contributed by atoms with E-state index < -0.39 is 97.5 Å². The van der Waals surface area contributed by atoms with Crippen LogP contribution in [0, 0.1) is 0 Å². The van der Waals surface area contributed by atoms with Crippen LogP contribution in [-0.2, 0) is 65.4 Å². The highest BCUT2D eigenvalue weighted by molar-refractivity contribution is 7.47. The SMILES string of the molecule is CC/C=C\C/C=C\C/C=C\C/C=C\C/C=C\CC(=O)OCC(COP(=O)(O)OCC(O)COP(=O)(O)OCC(COC(=O)CCCCCC/C=C\C/C=C\C/C=C\C/C=C\CC)OC(=O)CCCCCC/C=C\C/C=C\C/C=C\C/C=C\CC)OC(=O)CCCCCCC/C=C\C/C=C\CCCCC. The average molecular weight is 1490 g/mol. The number of carbonyl (C=O) groups excluding carboxylic acids is 4. The van der Waals surface area contributed by atoms with Gasteiger partial charge in [-0.05, 0) is 161 Å². The van der Waals surface area contributed by atoms with Crippen molar-refractivity contribution < 1.29 is 80.2 Å². The second-order valence-electron chi connectivity index (χ2n) is 25.2. The molecule has 0 bridgehead atoms. The van der Waals surface area contributed by atoms with E-state index in [-0.39, 0.29) is 25.7 Å². The summed E-state index contributed by atoms with van der Waals surface area (Å²) in [6.07, 6.45) is 90.5. The van der Waals surface area contributed by atoms with E-state index in [1.807, 2.05) is 18.2 Å². The first kappa shape index (κ1) is 98.2. The molecule has 0 aliphatic heterocycles. The molecule has 19 heteroatoms. The molecular weight excluding hydrogens is 1350 g/mol. The molecule has 0 aromatic heterocycles. The molecule has 0 aromatic carbocycles. The Hall–Kier alpha value is -5.84. The zero-order valence-corrected chi connectivity index (χ0v) is 65.9. The highest BCUT2D eigenvalue weighted by atomic mass is 31.2. The van der Waals surface area contributed by atoms with Crippen molar-refractivity contribution in [1.29, 1.82) is 0 Å². The number of aliphatic hydroxyl groups is 1. The first-order valence-corrected chi connectivity index (χ1v) is 42.0. The van der Waals surface area contributed by atoms with Crippen molar-refractivity contribution in [2.75, 3.05) is 39.6 Å². The number of esters is 4. The molecule has 5 atom stereocenters. The molecule has 0 aliphatic carbocycles. The minimum absolute atomic E-state index is 0.0515. The summed E-state index contributed by atoms with van der Waals surface area (Å²) in [5.41, 5.74) is 0. The van der Waals surface area contributed by atoms with Gasteiger partial charge in [0, 0.05) is 19.3 Å². The maximum atomic E-state index is 13.1. The maximum Gasteiger partial charge on any atom is 0.472 e. The molecule has 0 fully saturated rings. The number of aliphatic hydroxyl groups excluding tert-OH is 1. The fraction of sp³-hybridized carbons (Fsp3) is 0.600. The molecule has 5 unspecified atom stereocenters. The molecule has 588 valence electrons. The predicted molar refractivity (Wildman–Crippen MR) is 426 cm³/mol. The van der Waals surface area contributed by atoms with Crippen molar-refractivity contribution in [2.24, 2.45) is 0 Å². The summed E-state index contributed by atoms with van der Waals surface area (Å²) in [6, 6.07) is 0. The first-order valence-electron chi connectivity index (χ1n) is 39.0. The van der Waals surface area contributed by atoms with E-state index in [0.29, 0.717) is 25.7 Å². The summed E-state index contributed by atoms with van der Waals surface area (Å²) in [5.74, 6) is -2.41. The van der Waals surface area contributed by atoms with Crippen LogP contribution in [0.5, 0.6) is 0 Å². The van der Waals surface area contributed by atoms with E-state index in [2.05, 4.69) is 186 Å². The van der Waals surface area contributed by atoms with Gasteiger partial charge in [-0.3, -0.25) is 37.3 Å². The number of allylic oxidation sites excluding steroid dienone is 29. The van der Waals surface area contributed by atoms with E-state index in [9.17, 15) is 43.2 Å². The van der Waals surface area contributed by atoms with E-state index >= 15 is 0 Å². The van der Waals surface area contributed by atoms with Crippen LogP contribution in [0.4, 0.5) is 0 Å². The van der Waals surface area contributed by atoms with Gasteiger partial charge in [0.05, 0.1) is 32.8 Å². The van der Waals surface area contributed by atoms with Gasteiger partial charge >= 0.3 is 39.5 Å². The first-order chi connectivity index (χ1) is 50.7. The minimum atomic E-state index is -5.01. The molecule has 0 aromatic rings. The fourth-order valence-electron chi connectivity index (χ4n) is 9.54. The largest absolute Gasteiger partial charge is 0.472 e. The van der Waals surface area contributed by atoms with Crippen LogP contribution in [0.3, 0.4) is 0 Å². The van der Waals surface area contributed by atoms with Crippen molar-refractivity contribution >= 4 is 39.5 Å². The normalized spacial score (nSPS) is 14.9. The maximum absolute atomic E-state index is 13.1. The Labute approximate surface area is 628 Å². The Kier molecular flexibility index (Phi) is 71.2. The Balaban J connectivity index is 5.51. The second kappa shape index (κ2) is 75.4. The molecular formula is C85H136O17P2. The van der Waals surface area contributed by atoms with Gasteiger partial charge in [-0.1, -0.05) is 268 Å². The van der Waals surface area contributed by atoms with Crippen LogP contribution in [-0.4, -0.2) is 96.7 Å². The number of carbonyl (C=O) groups is 4. The average Bonchev–Trinajstić information content (AvgIpc) is 0.926.